The van der Waals surface area contributed by atoms with E-state index in [1.54, 1.807) is 24.3 Å². The SMILES string of the molecule is O=C1N=c2ccc(NCc3ccc(-c4ccc(F)cc4)o3)cc2=N1. The summed E-state index contributed by atoms with van der Waals surface area (Å²) < 4.78 is 18.7. The van der Waals surface area contributed by atoms with Gasteiger partial charge in [0.15, 0.2) is 0 Å². The molecule has 4 rings (SSSR count). The molecule has 5 nitrogen and oxygen atoms in total. The first-order valence-corrected chi connectivity index (χ1v) is 7.37. The Morgan fingerprint density at radius 2 is 1.75 bits per heavy atom. The van der Waals surface area contributed by atoms with Gasteiger partial charge in [-0.1, -0.05) is 0 Å². The molecule has 1 aliphatic heterocycles. The lowest BCUT2D eigenvalue weighted by Gasteiger charge is -2.03. The maximum absolute atomic E-state index is 13.0. The molecule has 118 valence electrons. The number of urea groups is 1. The summed E-state index contributed by atoms with van der Waals surface area (Å²) in [6.45, 7) is 0.477. The smallest absolute Gasteiger partial charge is 0.368 e. The Bertz CT molecular complexity index is 1040. The maximum Gasteiger partial charge on any atom is 0.368 e. The number of hydrogen-bond acceptors (Lipinski definition) is 3. The lowest BCUT2D eigenvalue weighted by molar-refractivity contribution is 0.256. The van der Waals surface area contributed by atoms with Crippen LogP contribution in [0.5, 0.6) is 0 Å². The molecule has 0 saturated heterocycles. The van der Waals surface area contributed by atoms with Gasteiger partial charge < -0.3 is 9.73 Å². The minimum atomic E-state index is -0.475. The van der Waals surface area contributed by atoms with Crippen LogP contribution in [-0.4, -0.2) is 6.03 Å². The van der Waals surface area contributed by atoms with Gasteiger partial charge in [-0.25, -0.2) is 9.18 Å². The molecular formula is C18H12FN3O2. The summed E-state index contributed by atoms with van der Waals surface area (Å²) in [4.78, 5) is 18.8. The van der Waals surface area contributed by atoms with Crippen molar-refractivity contribution in [2.45, 2.75) is 6.54 Å². The van der Waals surface area contributed by atoms with Crippen LogP contribution in [0, 0.1) is 5.82 Å². The van der Waals surface area contributed by atoms with E-state index < -0.39 is 6.03 Å². The molecule has 0 aliphatic carbocycles. The fourth-order valence-corrected chi connectivity index (χ4v) is 2.48. The summed E-state index contributed by atoms with van der Waals surface area (Å²) in [6, 6.07) is 14.7. The van der Waals surface area contributed by atoms with Crippen LogP contribution in [0.4, 0.5) is 14.9 Å². The summed E-state index contributed by atoms with van der Waals surface area (Å²) in [5, 5.41) is 4.36. The van der Waals surface area contributed by atoms with Crippen molar-refractivity contribution in [1.82, 2.24) is 0 Å². The molecule has 1 aliphatic rings. The minimum absolute atomic E-state index is 0.278. The van der Waals surface area contributed by atoms with E-state index in [0.717, 1.165) is 17.0 Å². The van der Waals surface area contributed by atoms with Crippen molar-refractivity contribution in [2.24, 2.45) is 9.98 Å². The van der Waals surface area contributed by atoms with E-state index in [0.29, 0.717) is 23.0 Å². The standard InChI is InChI=1S/C18H12FN3O2/c19-12-3-1-11(2-4-12)17-8-6-14(24-17)10-20-13-5-7-15-16(9-13)22-18(23)21-15/h1-9,20H,10H2. The number of carbonyl (C=O) groups excluding carboxylic acids is 1. The van der Waals surface area contributed by atoms with E-state index in [9.17, 15) is 9.18 Å². The average molecular weight is 321 g/mol. The lowest BCUT2D eigenvalue weighted by atomic mass is 10.2. The normalized spacial score (nSPS) is 12.5. The fourth-order valence-electron chi connectivity index (χ4n) is 2.48. The monoisotopic (exact) mass is 321 g/mol. The molecule has 0 bridgehead atoms. The van der Waals surface area contributed by atoms with Gasteiger partial charge in [0.25, 0.3) is 0 Å². The first-order chi connectivity index (χ1) is 11.7. The summed E-state index contributed by atoms with van der Waals surface area (Å²) in [5.41, 5.74) is 1.64. The van der Waals surface area contributed by atoms with E-state index in [1.807, 2.05) is 18.2 Å². The number of carbonyl (C=O) groups is 1. The molecule has 2 aromatic carbocycles. The van der Waals surface area contributed by atoms with Crippen LogP contribution in [-0.2, 0) is 6.54 Å². The van der Waals surface area contributed by atoms with Gasteiger partial charge in [-0.2, -0.15) is 9.98 Å². The largest absolute Gasteiger partial charge is 0.459 e. The highest BCUT2D eigenvalue weighted by Crippen LogP contribution is 2.22. The van der Waals surface area contributed by atoms with Crippen LogP contribution in [0.2, 0.25) is 0 Å². The van der Waals surface area contributed by atoms with E-state index in [-0.39, 0.29) is 5.82 Å². The Morgan fingerprint density at radius 3 is 2.58 bits per heavy atom. The summed E-state index contributed by atoms with van der Waals surface area (Å²) >= 11 is 0. The Kier molecular flexibility index (Phi) is 3.42. The third kappa shape index (κ3) is 2.81. The van der Waals surface area contributed by atoms with Crippen molar-refractivity contribution >= 4 is 11.7 Å². The average Bonchev–Trinajstić information content (AvgIpc) is 3.18. The zero-order valence-corrected chi connectivity index (χ0v) is 12.5. The van der Waals surface area contributed by atoms with Gasteiger partial charge in [0.05, 0.1) is 17.3 Å². The van der Waals surface area contributed by atoms with Gasteiger partial charge in [-0.15, -0.1) is 0 Å². The Hall–Kier alpha value is -3.28. The predicted molar refractivity (Wildman–Crippen MR) is 85.6 cm³/mol. The van der Waals surface area contributed by atoms with Crippen molar-refractivity contribution < 1.29 is 13.6 Å². The first-order valence-electron chi connectivity index (χ1n) is 7.37. The molecule has 0 saturated carbocycles. The molecule has 6 heteroatoms. The van der Waals surface area contributed by atoms with Crippen molar-refractivity contribution in [3.05, 3.63) is 76.9 Å². The van der Waals surface area contributed by atoms with Crippen LogP contribution in [0.25, 0.3) is 11.3 Å². The third-order valence-electron chi connectivity index (χ3n) is 3.66. The first kappa shape index (κ1) is 14.3. The lowest BCUT2D eigenvalue weighted by Crippen LogP contribution is -2.21. The topological polar surface area (TPSA) is 67.0 Å². The number of fused-ring (bicyclic) bond motifs is 1. The van der Waals surface area contributed by atoms with Crippen molar-refractivity contribution in [3.63, 3.8) is 0 Å². The number of benzene rings is 2. The summed E-state index contributed by atoms with van der Waals surface area (Å²) in [5.74, 6) is 1.15. The summed E-state index contributed by atoms with van der Waals surface area (Å²) in [6.07, 6.45) is 0. The molecule has 1 aromatic heterocycles. The highest BCUT2D eigenvalue weighted by molar-refractivity contribution is 5.77. The fraction of sp³-hybridized carbons (Fsp3) is 0.0556. The second-order valence-corrected chi connectivity index (χ2v) is 5.34. The van der Waals surface area contributed by atoms with Gasteiger partial charge in [0.2, 0.25) is 0 Å². The number of anilines is 1. The number of nitrogens with one attached hydrogen (secondary N) is 1. The van der Waals surface area contributed by atoms with E-state index >= 15 is 0 Å². The Balaban J connectivity index is 1.49. The number of rotatable bonds is 4. The highest BCUT2D eigenvalue weighted by atomic mass is 19.1. The highest BCUT2D eigenvalue weighted by Gasteiger charge is 2.07. The number of hydrogen-bond donors (Lipinski definition) is 1. The molecule has 0 atom stereocenters. The van der Waals surface area contributed by atoms with E-state index in [4.69, 9.17) is 4.42 Å². The Labute approximate surface area is 136 Å². The van der Waals surface area contributed by atoms with Crippen molar-refractivity contribution in [2.75, 3.05) is 5.32 Å². The number of halogens is 1. The van der Waals surface area contributed by atoms with Gasteiger partial charge in [-0.3, -0.25) is 0 Å². The van der Waals surface area contributed by atoms with Gasteiger partial charge in [-0.05, 0) is 54.6 Å². The molecule has 3 aromatic rings. The van der Waals surface area contributed by atoms with Crippen LogP contribution >= 0.6 is 0 Å². The number of nitrogens with zero attached hydrogens (tertiary/aromatic N) is 2. The minimum Gasteiger partial charge on any atom is -0.459 e. The molecule has 24 heavy (non-hydrogen) atoms. The molecular weight excluding hydrogens is 309 g/mol. The summed E-state index contributed by atoms with van der Waals surface area (Å²) in [7, 11) is 0. The second-order valence-electron chi connectivity index (χ2n) is 5.34. The van der Waals surface area contributed by atoms with Crippen LogP contribution in [0.15, 0.2) is 69.0 Å². The molecule has 0 spiro atoms. The zero-order chi connectivity index (χ0) is 16.5. The van der Waals surface area contributed by atoms with Gasteiger partial charge in [0, 0.05) is 11.3 Å². The molecule has 2 heterocycles. The van der Waals surface area contributed by atoms with Crippen LogP contribution < -0.4 is 16.0 Å². The second kappa shape index (κ2) is 5.73. The molecule has 0 radical (unpaired) electrons. The van der Waals surface area contributed by atoms with E-state index in [1.165, 1.54) is 12.1 Å². The van der Waals surface area contributed by atoms with E-state index in [2.05, 4.69) is 15.3 Å². The maximum atomic E-state index is 13.0. The van der Waals surface area contributed by atoms with Crippen LogP contribution in [0.1, 0.15) is 5.76 Å². The number of furan rings is 1. The van der Waals surface area contributed by atoms with Crippen molar-refractivity contribution in [3.8, 4) is 11.3 Å². The third-order valence-corrected chi connectivity index (χ3v) is 3.66. The van der Waals surface area contributed by atoms with Gasteiger partial charge >= 0.3 is 6.03 Å². The molecule has 2 amide bonds. The van der Waals surface area contributed by atoms with Crippen molar-refractivity contribution in [1.29, 1.82) is 0 Å². The van der Waals surface area contributed by atoms with Gasteiger partial charge in [0.1, 0.15) is 17.3 Å². The molecule has 0 fully saturated rings. The Morgan fingerprint density at radius 1 is 0.958 bits per heavy atom. The number of amides is 2. The zero-order valence-electron chi connectivity index (χ0n) is 12.5. The van der Waals surface area contributed by atoms with Crippen LogP contribution in [0.3, 0.4) is 0 Å². The molecule has 1 N–H and O–H groups in total. The quantitative estimate of drug-likeness (QED) is 0.803. The molecule has 0 unspecified atom stereocenters. The predicted octanol–water partition coefficient (Wildman–Crippen LogP) is 3.07.